The summed E-state index contributed by atoms with van der Waals surface area (Å²) in [5.41, 5.74) is 0. The number of ether oxygens (including phenoxy) is 1. The van der Waals surface area contributed by atoms with Crippen LogP contribution in [0.5, 0.6) is 0 Å². The van der Waals surface area contributed by atoms with Gasteiger partial charge in [-0.2, -0.15) is 0 Å². The predicted octanol–water partition coefficient (Wildman–Crippen LogP) is -0.644. The lowest BCUT2D eigenvalue weighted by Crippen LogP contribution is -2.46. The lowest BCUT2D eigenvalue weighted by atomic mass is 10.2. The number of rotatable bonds is 1. The minimum atomic E-state index is 0.0150. The molecule has 1 heterocycles. The van der Waals surface area contributed by atoms with Gasteiger partial charge >= 0.3 is 0 Å². The van der Waals surface area contributed by atoms with E-state index in [1.807, 2.05) is 0 Å². The quantitative estimate of drug-likeness (QED) is 0.497. The maximum Gasteiger partial charge on any atom is 0.0930 e. The number of nitrogens with one attached hydrogen (secondary N) is 1. The summed E-state index contributed by atoms with van der Waals surface area (Å²) in [7, 11) is 0. The zero-order chi connectivity index (χ0) is 6.69. The molecular formula is C6H13NO2. The second-order valence-corrected chi connectivity index (χ2v) is 2.45. The smallest absolute Gasteiger partial charge is 0.0930 e. The minimum absolute atomic E-state index is 0.0150. The average molecular weight is 131 g/mol. The fraction of sp³-hybridized carbons (Fsp3) is 1.00. The second kappa shape index (κ2) is 3.15. The summed E-state index contributed by atoms with van der Waals surface area (Å²) < 4.78 is 5.23. The molecule has 1 unspecified atom stereocenters. The van der Waals surface area contributed by atoms with E-state index in [0.717, 1.165) is 6.54 Å². The molecule has 0 spiro atoms. The third-order valence-corrected chi connectivity index (χ3v) is 1.48. The molecule has 0 radical (unpaired) electrons. The molecule has 0 aromatic heterocycles. The summed E-state index contributed by atoms with van der Waals surface area (Å²) in [4.78, 5) is 0. The summed E-state index contributed by atoms with van der Waals surface area (Å²) in [6.07, 6.45) is 0.0150. The fourth-order valence-corrected chi connectivity index (χ4v) is 0.848. The molecule has 1 fully saturated rings. The molecule has 3 heteroatoms. The highest BCUT2D eigenvalue weighted by Crippen LogP contribution is 1.98. The number of hydrogen-bond donors (Lipinski definition) is 2. The van der Waals surface area contributed by atoms with Gasteiger partial charge in [-0.15, -0.1) is 0 Å². The van der Waals surface area contributed by atoms with Crippen LogP contribution in [0.2, 0.25) is 0 Å². The van der Waals surface area contributed by atoms with E-state index >= 15 is 0 Å². The van der Waals surface area contributed by atoms with Crippen LogP contribution in [-0.4, -0.2) is 37.0 Å². The van der Waals surface area contributed by atoms with E-state index in [2.05, 4.69) is 12.2 Å². The van der Waals surface area contributed by atoms with Gasteiger partial charge in [0.1, 0.15) is 0 Å². The fourth-order valence-electron chi connectivity index (χ4n) is 0.848. The van der Waals surface area contributed by atoms with Gasteiger partial charge in [0.2, 0.25) is 0 Å². The molecule has 2 atom stereocenters. The molecule has 0 bridgehead atoms. The largest absolute Gasteiger partial charge is 0.394 e. The predicted molar refractivity (Wildman–Crippen MR) is 34.3 cm³/mol. The summed E-state index contributed by atoms with van der Waals surface area (Å²) >= 11 is 0. The van der Waals surface area contributed by atoms with Crippen molar-refractivity contribution in [3.05, 3.63) is 0 Å². The lowest BCUT2D eigenvalue weighted by Gasteiger charge is -2.26. The van der Waals surface area contributed by atoms with Crippen molar-refractivity contribution in [2.75, 3.05) is 19.8 Å². The topological polar surface area (TPSA) is 41.5 Å². The van der Waals surface area contributed by atoms with Gasteiger partial charge in [-0.05, 0) is 6.92 Å². The molecule has 54 valence electrons. The van der Waals surface area contributed by atoms with Crippen molar-refractivity contribution in [3.8, 4) is 0 Å². The monoisotopic (exact) mass is 131 g/mol. The Kier molecular flexibility index (Phi) is 2.45. The van der Waals surface area contributed by atoms with Crippen molar-refractivity contribution in [2.24, 2.45) is 0 Å². The zero-order valence-corrected chi connectivity index (χ0v) is 5.63. The van der Waals surface area contributed by atoms with Gasteiger partial charge in [0.15, 0.2) is 0 Å². The molecule has 9 heavy (non-hydrogen) atoms. The minimum Gasteiger partial charge on any atom is -0.394 e. The van der Waals surface area contributed by atoms with E-state index in [9.17, 15) is 0 Å². The van der Waals surface area contributed by atoms with Gasteiger partial charge in [-0.25, -0.2) is 0 Å². The van der Waals surface area contributed by atoms with Crippen LogP contribution < -0.4 is 5.32 Å². The maximum atomic E-state index is 8.61. The van der Waals surface area contributed by atoms with Gasteiger partial charge < -0.3 is 15.2 Å². The normalized spacial score (nSPS) is 36.7. The number of hydrogen-bond acceptors (Lipinski definition) is 3. The van der Waals surface area contributed by atoms with Crippen molar-refractivity contribution in [1.82, 2.24) is 5.32 Å². The molecule has 1 rings (SSSR count). The first-order valence-corrected chi connectivity index (χ1v) is 3.28. The van der Waals surface area contributed by atoms with Crippen molar-refractivity contribution in [2.45, 2.75) is 19.1 Å². The van der Waals surface area contributed by atoms with Crippen LogP contribution in [0.1, 0.15) is 6.92 Å². The van der Waals surface area contributed by atoms with Gasteiger partial charge in [0.05, 0.1) is 19.3 Å². The molecule has 0 aliphatic carbocycles. The maximum absolute atomic E-state index is 8.61. The summed E-state index contributed by atoms with van der Waals surface area (Å²) in [6.45, 7) is 3.68. The molecule has 2 N–H and O–H groups in total. The van der Waals surface area contributed by atoms with Crippen LogP contribution in [0.25, 0.3) is 0 Å². The van der Waals surface area contributed by atoms with E-state index < -0.39 is 0 Å². The van der Waals surface area contributed by atoms with E-state index in [4.69, 9.17) is 9.84 Å². The van der Waals surface area contributed by atoms with Crippen LogP contribution in [0.3, 0.4) is 0 Å². The summed E-state index contributed by atoms with van der Waals surface area (Å²) in [5, 5.41) is 11.8. The van der Waals surface area contributed by atoms with Crippen molar-refractivity contribution < 1.29 is 9.84 Å². The van der Waals surface area contributed by atoms with Crippen LogP contribution in [-0.2, 0) is 4.74 Å². The Morgan fingerprint density at radius 2 is 2.56 bits per heavy atom. The first-order valence-electron chi connectivity index (χ1n) is 3.28. The highest BCUT2D eigenvalue weighted by molar-refractivity contribution is 4.71. The SMILES string of the molecule is CC1CO[C@H](CO)CN1. The summed E-state index contributed by atoms with van der Waals surface area (Å²) in [5.74, 6) is 0. The van der Waals surface area contributed by atoms with Gasteiger partial charge in [-0.3, -0.25) is 0 Å². The Hall–Kier alpha value is -0.120. The molecule has 0 saturated carbocycles. The standard InChI is InChI=1S/C6H13NO2/c1-5-4-9-6(3-8)2-7-5/h5-8H,2-4H2,1H3/t5?,6-/m0/s1. The van der Waals surface area contributed by atoms with E-state index in [-0.39, 0.29) is 12.7 Å². The molecule has 0 aromatic rings. The Morgan fingerprint density at radius 3 is 3.00 bits per heavy atom. The average Bonchev–Trinajstić information content (AvgIpc) is 1.90. The Balaban J connectivity index is 2.18. The Labute approximate surface area is 55.0 Å². The summed E-state index contributed by atoms with van der Waals surface area (Å²) in [6, 6.07) is 0.438. The molecule has 1 saturated heterocycles. The lowest BCUT2D eigenvalue weighted by molar-refractivity contribution is -0.0222. The number of aliphatic hydroxyl groups excluding tert-OH is 1. The highest BCUT2D eigenvalue weighted by Gasteiger charge is 2.15. The van der Waals surface area contributed by atoms with E-state index in [1.165, 1.54) is 0 Å². The second-order valence-electron chi connectivity index (χ2n) is 2.45. The van der Waals surface area contributed by atoms with Crippen LogP contribution in [0, 0.1) is 0 Å². The third kappa shape index (κ3) is 1.93. The zero-order valence-electron chi connectivity index (χ0n) is 5.63. The van der Waals surface area contributed by atoms with Crippen LogP contribution >= 0.6 is 0 Å². The first kappa shape index (κ1) is 6.99. The molecule has 0 aromatic carbocycles. The number of aliphatic hydroxyl groups is 1. The third-order valence-electron chi connectivity index (χ3n) is 1.48. The van der Waals surface area contributed by atoms with Crippen molar-refractivity contribution in [1.29, 1.82) is 0 Å². The number of morpholine rings is 1. The first-order chi connectivity index (χ1) is 4.33. The molecule has 0 amide bonds. The van der Waals surface area contributed by atoms with E-state index in [1.54, 1.807) is 0 Å². The van der Waals surface area contributed by atoms with Crippen molar-refractivity contribution >= 4 is 0 Å². The van der Waals surface area contributed by atoms with Gasteiger partial charge in [-0.1, -0.05) is 0 Å². The molecule has 1 aliphatic heterocycles. The molecule has 1 aliphatic rings. The Bertz CT molecular complexity index is 79.1. The van der Waals surface area contributed by atoms with Gasteiger partial charge in [0.25, 0.3) is 0 Å². The van der Waals surface area contributed by atoms with Gasteiger partial charge in [0, 0.05) is 12.6 Å². The van der Waals surface area contributed by atoms with E-state index in [0.29, 0.717) is 12.6 Å². The van der Waals surface area contributed by atoms with Crippen LogP contribution in [0.4, 0.5) is 0 Å². The molecule has 3 nitrogen and oxygen atoms in total. The molecular weight excluding hydrogens is 118 g/mol. The van der Waals surface area contributed by atoms with Crippen LogP contribution in [0.15, 0.2) is 0 Å². The Morgan fingerprint density at radius 1 is 1.78 bits per heavy atom. The highest BCUT2D eigenvalue weighted by atomic mass is 16.5. The van der Waals surface area contributed by atoms with Crippen molar-refractivity contribution in [3.63, 3.8) is 0 Å².